The first kappa shape index (κ1) is 28.4. The second-order valence-electron chi connectivity index (χ2n) is 8.64. The predicted octanol–water partition coefficient (Wildman–Crippen LogP) is 0.682. The molecule has 2 aromatic heterocycles. The van der Waals surface area contributed by atoms with E-state index in [1.807, 2.05) is 6.07 Å². The Hall–Kier alpha value is -3.64. The molecule has 4 atom stereocenters. The molecule has 4 heterocycles. The quantitative estimate of drug-likeness (QED) is 0.222. The van der Waals surface area contributed by atoms with Gasteiger partial charge < -0.3 is 9.47 Å². The summed E-state index contributed by atoms with van der Waals surface area (Å²) in [5.74, 6) is 0. The minimum absolute atomic E-state index is 0.0660. The molecule has 15 nitrogen and oxygen atoms in total. The number of nitrogens with one attached hydrogen (secondary N) is 2. The van der Waals surface area contributed by atoms with Crippen LogP contribution in [-0.2, 0) is 27.6 Å². The average molecular weight is 563 g/mol. The van der Waals surface area contributed by atoms with E-state index in [9.17, 15) is 23.7 Å². The minimum atomic E-state index is -4.20. The molecule has 0 radical (unpaired) electrons. The number of H-pyrrole nitrogens is 2. The summed E-state index contributed by atoms with van der Waals surface area (Å²) in [4.78, 5) is 51.9. The molecule has 208 valence electrons. The Morgan fingerprint density at radius 1 is 0.846 bits per heavy atom. The second-order valence-corrected chi connectivity index (χ2v) is 10.3. The van der Waals surface area contributed by atoms with Gasteiger partial charge in [-0.1, -0.05) is 12.2 Å². The highest BCUT2D eigenvalue weighted by molar-refractivity contribution is 7.48. The van der Waals surface area contributed by atoms with Gasteiger partial charge in [-0.2, -0.15) is 5.26 Å². The maximum Gasteiger partial charge on any atom is 0.475 e. The number of phosphoric ester groups is 1. The fourth-order valence-corrected chi connectivity index (χ4v) is 4.88. The van der Waals surface area contributed by atoms with Crippen LogP contribution in [-0.4, -0.2) is 51.1 Å². The van der Waals surface area contributed by atoms with Crippen molar-refractivity contribution in [1.29, 1.82) is 5.26 Å². The summed E-state index contributed by atoms with van der Waals surface area (Å²) in [7, 11) is -4.20. The third-order valence-electron chi connectivity index (χ3n) is 5.71. The number of aryl methyl sites for hydroxylation is 2. The molecule has 0 bridgehead atoms. The van der Waals surface area contributed by atoms with Crippen molar-refractivity contribution in [3.63, 3.8) is 0 Å². The van der Waals surface area contributed by atoms with Gasteiger partial charge in [-0.15, -0.1) is 0 Å². The van der Waals surface area contributed by atoms with E-state index >= 15 is 0 Å². The van der Waals surface area contributed by atoms with Crippen LogP contribution in [0.15, 0.2) is 55.9 Å². The first-order chi connectivity index (χ1) is 18.6. The van der Waals surface area contributed by atoms with Gasteiger partial charge in [0, 0.05) is 23.5 Å². The zero-order valence-electron chi connectivity index (χ0n) is 21.0. The molecule has 0 amide bonds. The second kappa shape index (κ2) is 12.0. The Morgan fingerprint density at radius 2 is 1.31 bits per heavy atom. The number of aromatic nitrogens is 4. The summed E-state index contributed by atoms with van der Waals surface area (Å²) in [6.07, 6.45) is 5.89. The van der Waals surface area contributed by atoms with Crippen molar-refractivity contribution in [1.82, 2.24) is 19.1 Å². The highest BCUT2D eigenvalue weighted by Crippen LogP contribution is 2.50. The van der Waals surface area contributed by atoms with Gasteiger partial charge in [-0.25, -0.2) is 14.2 Å². The number of rotatable bonds is 11. The van der Waals surface area contributed by atoms with Crippen LogP contribution in [0.3, 0.4) is 0 Å². The van der Waals surface area contributed by atoms with Crippen LogP contribution in [0.25, 0.3) is 0 Å². The molecule has 4 rings (SSSR count). The third-order valence-corrected chi connectivity index (χ3v) is 7.14. The standard InChI is InChI=1S/C23H26N5O10P/c1-14-10-27(22(31)25-20(14)29)18-6-4-16(37-18)12-35-39(33,34-9-3-8-24)36-13-17-5-7-19(38-17)28-11-15(2)21(30)26-23(28)32/h4-7,10-11,16-19H,3,9,12-13H2,1-2H3,(H,25,29,31)(H,26,30,32). The molecule has 2 N–H and O–H groups in total. The molecule has 0 aliphatic carbocycles. The minimum Gasteiger partial charge on any atom is -0.344 e. The molecule has 2 aliphatic rings. The number of aromatic amines is 2. The van der Waals surface area contributed by atoms with Gasteiger partial charge in [0.25, 0.3) is 11.1 Å². The van der Waals surface area contributed by atoms with Crippen LogP contribution in [0.1, 0.15) is 30.0 Å². The van der Waals surface area contributed by atoms with E-state index in [1.54, 1.807) is 38.2 Å². The molecule has 0 spiro atoms. The zero-order chi connectivity index (χ0) is 28.2. The third kappa shape index (κ3) is 6.87. The first-order valence-corrected chi connectivity index (χ1v) is 13.3. The van der Waals surface area contributed by atoms with Crippen LogP contribution in [0.4, 0.5) is 0 Å². The largest absolute Gasteiger partial charge is 0.475 e. The van der Waals surface area contributed by atoms with Crippen LogP contribution < -0.4 is 22.5 Å². The Morgan fingerprint density at radius 3 is 1.74 bits per heavy atom. The number of hydrogen-bond donors (Lipinski definition) is 2. The summed E-state index contributed by atoms with van der Waals surface area (Å²) in [6, 6.07) is 1.87. The average Bonchev–Trinajstić information content (AvgIpc) is 3.56. The molecule has 4 unspecified atom stereocenters. The van der Waals surface area contributed by atoms with Crippen molar-refractivity contribution in [2.75, 3.05) is 19.8 Å². The molecule has 16 heteroatoms. The highest BCUT2D eigenvalue weighted by Gasteiger charge is 2.33. The number of hydrogen-bond acceptors (Lipinski definition) is 11. The van der Waals surface area contributed by atoms with Gasteiger partial charge in [-0.3, -0.25) is 42.3 Å². The lowest BCUT2D eigenvalue weighted by Gasteiger charge is -2.22. The van der Waals surface area contributed by atoms with E-state index in [1.165, 1.54) is 21.5 Å². The molecule has 39 heavy (non-hydrogen) atoms. The van der Waals surface area contributed by atoms with Crippen molar-refractivity contribution in [2.24, 2.45) is 0 Å². The van der Waals surface area contributed by atoms with Crippen molar-refractivity contribution < 1.29 is 27.6 Å². The van der Waals surface area contributed by atoms with Crippen molar-refractivity contribution >= 4 is 7.82 Å². The first-order valence-electron chi connectivity index (χ1n) is 11.8. The highest BCUT2D eigenvalue weighted by atomic mass is 31.2. The summed E-state index contributed by atoms with van der Waals surface area (Å²) in [5.41, 5.74) is -1.67. The number of phosphoric acid groups is 1. The number of ether oxygens (including phenoxy) is 2. The molecule has 2 aromatic rings. The molecular formula is C23H26N5O10P. The van der Waals surface area contributed by atoms with Crippen molar-refractivity contribution in [3.8, 4) is 6.07 Å². The van der Waals surface area contributed by atoms with E-state index in [4.69, 9.17) is 28.3 Å². The summed E-state index contributed by atoms with van der Waals surface area (Å²) in [6.45, 7) is 2.32. The van der Waals surface area contributed by atoms with Crippen molar-refractivity contribution in [2.45, 2.75) is 44.9 Å². The smallest absolute Gasteiger partial charge is 0.344 e. The van der Waals surface area contributed by atoms with Crippen LogP contribution in [0.2, 0.25) is 0 Å². The zero-order valence-corrected chi connectivity index (χ0v) is 21.9. The number of nitriles is 1. The van der Waals surface area contributed by atoms with E-state index in [0.29, 0.717) is 11.1 Å². The van der Waals surface area contributed by atoms with E-state index in [2.05, 4.69) is 9.97 Å². The van der Waals surface area contributed by atoms with Crippen LogP contribution in [0, 0.1) is 25.2 Å². The molecular weight excluding hydrogens is 537 g/mol. The topological polar surface area (TPSA) is 197 Å². The summed E-state index contributed by atoms with van der Waals surface area (Å²) in [5, 5.41) is 8.80. The summed E-state index contributed by atoms with van der Waals surface area (Å²) < 4.78 is 43.3. The molecule has 0 saturated carbocycles. The maximum atomic E-state index is 13.3. The fourth-order valence-electron chi connectivity index (χ4n) is 3.68. The Labute approximate surface area is 220 Å². The molecule has 0 saturated heterocycles. The lowest BCUT2D eigenvalue weighted by atomic mass is 10.3. The van der Waals surface area contributed by atoms with E-state index in [0.717, 1.165) is 0 Å². The normalized spacial score (nSPS) is 23.6. The Kier molecular flexibility index (Phi) is 8.76. The van der Waals surface area contributed by atoms with E-state index in [-0.39, 0.29) is 26.2 Å². The van der Waals surface area contributed by atoms with Crippen LogP contribution in [0.5, 0.6) is 0 Å². The fraction of sp³-hybridized carbons (Fsp3) is 0.435. The Bertz CT molecular complexity index is 1490. The predicted molar refractivity (Wildman–Crippen MR) is 134 cm³/mol. The SMILES string of the molecule is Cc1cn(C2C=CC(COP(=O)(OCCC#N)OCC3C=CC(n4cc(C)c(=O)[nH]c4=O)O3)O2)c(=O)[nH]c1=O. The molecule has 0 fully saturated rings. The van der Waals surface area contributed by atoms with Gasteiger partial charge in [0.2, 0.25) is 0 Å². The Balaban J connectivity index is 1.35. The maximum absolute atomic E-state index is 13.3. The van der Waals surface area contributed by atoms with Gasteiger partial charge >= 0.3 is 19.2 Å². The van der Waals surface area contributed by atoms with Gasteiger partial charge in [0.15, 0.2) is 12.5 Å². The lowest BCUT2D eigenvalue weighted by Crippen LogP contribution is -2.33. The molecule has 0 aromatic carbocycles. The molecule has 2 aliphatic heterocycles. The monoisotopic (exact) mass is 563 g/mol. The van der Waals surface area contributed by atoms with Crippen molar-refractivity contribution in [3.05, 3.63) is 89.5 Å². The van der Waals surface area contributed by atoms with Gasteiger partial charge in [0.1, 0.15) is 12.2 Å². The van der Waals surface area contributed by atoms with Crippen LogP contribution >= 0.6 is 7.82 Å². The lowest BCUT2D eigenvalue weighted by molar-refractivity contribution is -0.0281. The van der Waals surface area contributed by atoms with Gasteiger partial charge in [-0.05, 0) is 26.0 Å². The van der Waals surface area contributed by atoms with E-state index < -0.39 is 55.0 Å². The van der Waals surface area contributed by atoms with Gasteiger partial charge in [0.05, 0.1) is 32.3 Å². The number of nitrogens with zero attached hydrogens (tertiary/aromatic N) is 3. The summed E-state index contributed by atoms with van der Waals surface area (Å²) >= 11 is 0.